The first-order valence-corrected chi connectivity index (χ1v) is 6.16. The number of hydrogen-bond acceptors (Lipinski definition) is 2. The lowest BCUT2D eigenvalue weighted by Crippen LogP contribution is -2.46. The molecule has 1 fully saturated rings. The van der Waals surface area contributed by atoms with Gasteiger partial charge in [-0.2, -0.15) is 0 Å². The Hall–Kier alpha value is -1.65. The summed E-state index contributed by atoms with van der Waals surface area (Å²) in [4.78, 5) is 13.5. The predicted molar refractivity (Wildman–Crippen MR) is 66.6 cm³/mol. The molecule has 1 saturated heterocycles. The molecule has 5 heteroatoms. The van der Waals surface area contributed by atoms with Crippen molar-refractivity contribution in [2.24, 2.45) is 0 Å². The van der Waals surface area contributed by atoms with Crippen LogP contribution in [0.4, 0.5) is 13.6 Å². The molecule has 0 aliphatic carbocycles. The van der Waals surface area contributed by atoms with Crippen LogP contribution in [-0.2, 0) is 4.74 Å². The second kappa shape index (κ2) is 4.47. The highest BCUT2D eigenvalue weighted by Gasteiger charge is 2.45. The summed E-state index contributed by atoms with van der Waals surface area (Å²) in [5, 5.41) is 0. The molecule has 1 heterocycles. The van der Waals surface area contributed by atoms with Crippen LogP contribution < -0.4 is 0 Å². The Morgan fingerprint density at radius 3 is 2.11 bits per heavy atom. The smallest absolute Gasteiger partial charge is 0.411 e. The van der Waals surface area contributed by atoms with Gasteiger partial charge in [-0.1, -0.05) is 0 Å². The number of hydrogen-bond donors (Lipinski definition) is 0. The fourth-order valence-corrected chi connectivity index (χ4v) is 2.54. The standard InChI is InChI=1S/C14H17F2NO2/c1-8-12(9-5-10(15)7-11(16)6-9)19-13(18)17(8)14(2,3)4/h5-8,12H,1-4H3/t8-,12-/m0/s1. The van der Waals surface area contributed by atoms with E-state index >= 15 is 0 Å². The molecule has 0 spiro atoms. The van der Waals surface area contributed by atoms with Gasteiger partial charge < -0.3 is 4.74 Å². The van der Waals surface area contributed by atoms with E-state index in [4.69, 9.17) is 4.74 Å². The Labute approximate surface area is 111 Å². The van der Waals surface area contributed by atoms with Crippen LogP contribution >= 0.6 is 0 Å². The van der Waals surface area contributed by atoms with Crippen molar-refractivity contribution in [2.75, 3.05) is 0 Å². The van der Waals surface area contributed by atoms with Crippen molar-refractivity contribution in [3.63, 3.8) is 0 Å². The van der Waals surface area contributed by atoms with Gasteiger partial charge in [0.2, 0.25) is 0 Å². The minimum Gasteiger partial charge on any atom is -0.439 e. The summed E-state index contributed by atoms with van der Waals surface area (Å²) in [7, 11) is 0. The van der Waals surface area contributed by atoms with Crippen LogP contribution in [0.5, 0.6) is 0 Å². The molecule has 1 aliphatic rings. The molecular weight excluding hydrogens is 252 g/mol. The van der Waals surface area contributed by atoms with Crippen molar-refractivity contribution in [2.45, 2.75) is 45.4 Å². The van der Waals surface area contributed by atoms with Gasteiger partial charge in [-0.25, -0.2) is 13.6 Å². The first-order chi connectivity index (χ1) is 8.70. The number of rotatable bonds is 1. The molecule has 0 N–H and O–H groups in total. The summed E-state index contributed by atoms with van der Waals surface area (Å²) in [6.45, 7) is 7.47. The van der Waals surface area contributed by atoms with E-state index in [1.165, 1.54) is 12.1 Å². The maximum atomic E-state index is 13.2. The van der Waals surface area contributed by atoms with Crippen molar-refractivity contribution in [3.05, 3.63) is 35.4 Å². The molecule has 2 atom stereocenters. The lowest BCUT2D eigenvalue weighted by Gasteiger charge is -2.33. The quantitative estimate of drug-likeness (QED) is 0.779. The van der Waals surface area contributed by atoms with Crippen molar-refractivity contribution in [1.82, 2.24) is 4.90 Å². The Morgan fingerprint density at radius 1 is 1.16 bits per heavy atom. The SMILES string of the molecule is C[C@H]1[C@@H](c2cc(F)cc(F)c2)OC(=O)N1C(C)(C)C. The van der Waals surface area contributed by atoms with Crippen molar-refractivity contribution < 1.29 is 18.3 Å². The third-order valence-electron chi connectivity index (χ3n) is 3.21. The molecule has 0 radical (unpaired) electrons. The summed E-state index contributed by atoms with van der Waals surface area (Å²) in [5.74, 6) is -1.35. The molecule has 0 aromatic heterocycles. The Bertz CT molecular complexity index is 490. The molecule has 104 valence electrons. The Kier molecular flexibility index (Phi) is 3.24. The second-order valence-corrected chi connectivity index (χ2v) is 5.79. The third kappa shape index (κ3) is 2.55. The zero-order chi connectivity index (χ0) is 14.4. The van der Waals surface area contributed by atoms with Gasteiger partial charge in [0.15, 0.2) is 0 Å². The van der Waals surface area contributed by atoms with Gasteiger partial charge in [-0.15, -0.1) is 0 Å². The lowest BCUT2D eigenvalue weighted by atomic mass is 9.98. The van der Waals surface area contributed by atoms with Crippen LogP contribution in [-0.4, -0.2) is 22.6 Å². The molecule has 0 unspecified atom stereocenters. The largest absolute Gasteiger partial charge is 0.439 e. The maximum Gasteiger partial charge on any atom is 0.411 e. The number of carbonyl (C=O) groups is 1. The monoisotopic (exact) mass is 269 g/mol. The minimum absolute atomic E-state index is 0.284. The number of amides is 1. The molecule has 0 bridgehead atoms. The highest BCUT2D eigenvalue weighted by atomic mass is 19.1. The fourth-order valence-electron chi connectivity index (χ4n) is 2.54. The first kappa shape index (κ1) is 13.8. The highest BCUT2D eigenvalue weighted by Crippen LogP contribution is 2.36. The number of carbonyl (C=O) groups excluding carboxylic acids is 1. The van der Waals surface area contributed by atoms with Gasteiger partial charge in [0.25, 0.3) is 0 Å². The van der Waals surface area contributed by atoms with E-state index in [-0.39, 0.29) is 6.04 Å². The number of ether oxygens (including phenoxy) is 1. The highest BCUT2D eigenvalue weighted by molar-refractivity contribution is 5.72. The van der Waals surface area contributed by atoms with Gasteiger partial charge >= 0.3 is 6.09 Å². The van der Waals surface area contributed by atoms with Crippen molar-refractivity contribution in [1.29, 1.82) is 0 Å². The van der Waals surface area contributed by atoms with Crippen LogP contribution in [0.25, 0.3) is 0 Å². The van der Waals surface area contributed by atoms with E-state index in [1.807, 2.05) is 27.7 Å². The van der Waals surface area contributed by atoms with Gasteiger partial charge in [-0.3, -0.25) is 4.90 Å². The number of halogens is 2. The van der Waals surface area contributed by atoms with E-state index in [1.54, 1.807) is 4.90 Å². The summed E-state index contributed by atoms with van der Waals surface area (Å²) in [5.41, 5.74) is -0.0676. The van der Waals surface area contributed by atoms with Gasteiger partial charge in [0, 0.05) is 17.2 Å². The normalized spacial score (nSPS) is 23.7. The predicted octanol–water partition coefficient (Wildman–Crippen LogP) is 3.65. The summed E-state index contributed by atoms with van der Waals surface area (Å²) in [6.07, 6.45) is -1.12. The molecule has 3 nitrogen and oxygen atoms in total. The van der Waals surface area contributed by atoms with Crippen LogP contribution in [0.2, 0.25) is 0 Å². The summed E-state index contributed by atoms with van der Waals surface area (Å²) >= 11 is 0. The Balaban J connectivity index is 2.35. The zero-order valence-electron chi connectivity index (χ0n) is 11.4. The minimum atomic E-state index is -0.674. The van der Waals surface area contributed by atoms with E-state index in [0.29, 0.717) is 5.56 Å². The van der Waals surface area contributed by atoms with E-state index in [9.17, 15) is 13.6 Å². The van der Waals surface area contributed by atoms with E-state index in [0.717, 1.165) is 6.07 Å². The topological polar surface area (TPSA) is 29.5 Å². The van der Waals surface area contributed by atoms with Gasteiger partial charge in [0.1, 0.15) is 17.7 Å². The first-order valence-electron chi connectivity index (χ1n) is 6.16. The number of cyclic esters (lactones) is 1. The van der Waals surface area contributed by atoms with Gasteiger partial charge in [0.05, 0.1) is 6.04 Å². The molecule has 0 saturated carbocycles. The van der Waals surface area contributed by atoms with E-state index < -0.39 is 29.4 Å². The number of benzene rings is 1. The Morgan fingerprint density at radius 2 is 1.68 bits per heavy atom. The molecule has 1 amide bonds. The summed E-state index contributed by atoms with van der Waals surface area (Å²) < 4.78 is 31.7. The van der Waals surface area contributed by atoms with E-state index in [2.05, 4.69) is 0 Å². The van der Waals surface area contributed by atoms with Gasteiger partial charge in [-0.05, 0) is 39.8 Å². The van der Waals surface area contributed by atoms with Crippen LogP contribution in [0.3, 0.4) is 0 Å². The third-order valence-corrected chi connectivity index (χ3v) is 3.21. The van der Waals surface area contributed by atoms with Crippen LogP contribution in [0, 0.1) is 11.6 Å². The number of nitrogens with zero attached hydrogens (tertiary/aromatic N) is 1. The average Bonchev–Trinajstić information content (AvgIpc) is 2.51. The second-order valence-electron chi connectivity index (χ2n) is 5.79. The maximum absolute atomic E-state index is 13.2. The van der Waals surface area contributed by atoms with Crippen molar-refractivity contribution in [3.8, 4) is 0 Å². The lowest BCUT2D eigenvalue weighted by molar-refractivity contribution is 0.119. The van der Waals surface area contributed by atoms with Crippen LogP contribution in [0.15, 0.2) is 18.2 Å². The molecule has 2 rings (SSSR count). The zero-order valence-corrected chi connectivity index (χ0v) is 11.4. The molecule has 1 aliphatic heterocycles. The van der Waals surface area contributed by atoms with Crippen molar-refractivity contribution >= 4 is 6.09 Å². The van der Waals surface area contributed by atoms with Crippen LogP contribution in [0.1, 0.15) is 39.4 Å². The molecule has 1 aromatic rings. The molecular formula is C14H17F2NO2. The summed E-state index contributed by atoms with van der Waals surface area (Å²) in [6, 6.07) is 2.91. The fraction of sp³-hybridized carbons (Fsp3) is 0.500. The average molecular weight is 269 g/mol. The molecule has 19 heavy (non-hydrogen) atoms. The molecule has 1 aromatic carbocycles.